The van der Waals surface area contributed by atoms with Crippen LogP contribution in [0.5, 0.6) is 23.0 Å². The first-order valence-electron chi connectivity index (χ1n) is 10.9. The highest BCUT2D eigenvalue weighted by molar-refractivity contribution is 7.71. The first kappa shape index (κ1) is 25.1. The maximum Gasteiger partial charge on any atom is 0.222 e. The number of H-pyrrole nitrogens is 1. The molecule has 2 N–H and O–H groups in total. The first-order chi connectivity index (χ1) is 16.4. The second kappa shape index (κ2) is 11.6. The zero-order valence-corrected chi connectivity index (χ0v) is 20.8. The summed E-state index contributed by atoms with van der Waals surface area (Å²) in [4.78, 5) is 12.7. The van der Waals surface area contributed by atoms with Crippen LogP contribution in [0.25, 0.3) is 11.4 Å². The van der Waals surface area contributed by atoms with Gasteiger partial charge in [-0.15, -0.1) is 0 Å². The molecule has 0 aliphatic rings. The molecular formula is C24H30N4O5S. The molecule has 0 aliphatic heterocycles. The van der Waals surface area contributed by atoms with Gasteiger partial charge in [0.2, 0.25) is 11.7 Å². The standard InChI is InChI=1S/C24H30N4O5S/c1-6-33-18-9-7-16(8-10-18)23-26-27-24(34)28(23)12-11-21(29)25-15(2)17-13-19(30-3)22(32-5)20(14-17)31-4/h7-10,13-15H,6,11-12H2,1-5H3,(H,25,29)(H,27,34). The van der Waals surface area contributed by atoms with Crippen LogP contribution in [0.4, 0.5) is 0 Å². The summed E-state index contributed by atoms with van der Waals surface area (Å²) >= 11 is 5.38. The molecule has 1 heterocycles. The minimum atomic E-state index is -0.274. The lowest BCUT2D eigenvalue weighted by atomic mass is 10.1. The third-order valence-electron chi connectivity index (χ3n) is 5.31. The Morgan fingerprint density at radius 2 is 1.76 bits per heavy atom. The lowest BCUT2D eigenvalue weighted by Gasteiger charge is -2.19. The second-order valence-electron chi connectivity index (χ2n) is 7.46. The van der Waals surface area contributed by atoms with Crippen molar-refractivity contribution in [1.82, 2.24) is 20.1 Å². The van der Waals surface area contributed by atoms with Crippen molar-refractivity contribution in [2.45, 2.75) is 32.9 Å². The molecule has 3 rings (SSSR count). The van der Waals surface area contributed by atoms with Crippen molar-refractivity contribution in [3.63, 3.8) is 0 Å². The third kappa shape index (κ3) is 5.69. The van der Waals surface area contributed by atoms with E-state index in [9.17, 15) is 4.79 Å². The molecule has 1 aromatic heterocycles. The number of hydrogen-bond donors (Lipinski definition) is 2. The van der Waals surface area contributed by atoms with E-state index in [0.29, 0.717) is 41.0 Å². The van der Waals surface area contributed by atoms with Gasteiger partial charge in [-0.3, -0.25) is 14.5 Å². The summed E-state index contributed by atoms with van der Waals surface area (Å²) in [5, 5.41) is 10.2. The lowest BCUT2D eigenvalue weighted by Crippen LogP contribution is -2.27. The monoisotopic (exact) mass is 486 g/mol. The van der Waals surface area contributed by atoms with Gasteiger partial charge < -0.3 is 24.3 Å². The van der Waals surface area contributed by atoms with E-state index in [2.05, 4.69) is 15.5 Å². The Balaban J connectivity index is 1.69. The number of rotatable bonds is 11. The van der Waals surface area contributed by atoms with Crippen LogP contribution in [0.2, 0.25) is 0 Å². The van der Waals surface area contributed by atoms with E-state index in [0.717, 1.165) is 16.9 Å². The summed E-state index contributed by atoms with van der Waals surface area (Å²) in [6.45, 7) is 4.81. The molecule has 0 saturated heterocycles. The third-order valence-corrected chi connectivity index (χ3v) is 5.62. The van der Waals surface area contributed by atoms with Crippen LogP contribution < -0.4 is 24.3 Å². The maximum atomic E-state index is 12.7. The molecule has 1 amide bonds. The Hall–Kier alpha value is -3.53. The summed E-state index contributed by atoms with van der Waals surface area (Å²) in [5.74, 6) is 2.89. The normalized spacial score (nSPS) is 11.6. The number of hydrogen-bond acceptors (Lipinski definition) is 7. The number of nitrogens with one attached hydrogen (secondary N) is 2. The molecule has 9 nitrogen and oxygen atoms in total. The molecule has 182 valence electrons. The quantitative estimate of drug-likeness (QED) is 0.390. The fourth-order valence-corrected chi connectivity index (χ4v) is 3.80. The van der Waals surface area contributed by atoms with Crippen LogP contribution >= 0.6 is 12.2 Å². The number of aromatic amines is 1. The molecule has 0 aliphatic carbocycles. The molecule has 2 aromatic carbocycles. The smallest absolute Gasteiger partial charge is 0.222 e. The largest absolute Gasteiger partial charge is 0.494 e. The summed E-state index contributed by atoms with van der Waals surface area (Å²) in [6.07, 6.45) is 0.229. The predicted octanol–water partition coefficient (Wildman–Crippen LogP) is 4.30. The number of nitrogens with zero attached hydrogens (tertiary/aromatic N) is 2. The molecular weight excluding hydrogens is 456 g/mol. The Labute approximate surface area is 204 Å². The molecule has 10 heteroatoms. The zero-order valence-electron chi connectivity index (χ0n) is 20.0. The van der Waals surface area contributed by atoms with Gasteiger partial charge in [-0.05, 0) is 68.0 Å². The number of methoxy groups -OCH3 is 3. The van der Waals surface area contributed by atoms with Crippen LogP contribution in [0, 0.1) is 4.77 Å². The molecule has 0 spiro atoms. The van der Waals surface area contributed by atoms with Gasteiger partial charge in [0.15, 0.2) is 22.1 Å². The summed E-state index contributed by atoms with van der Waals surface area (Å²) in [7, 11) is 4.66. The van der Waals surface area contributed by atoms with Crippen molar-refractivity contribution in [2.75, 3.05) is 27.9 Å². The highest BCUT2D eigenvalue weighted by atomic mass is 32.1. The van der Waals surface area contributed by atoms with Gasteiger partial charge >= 0.3 is 0 Å². The molecule has 3 aromatic rings. The van der Waals surface area contributed by atoms with Crippen molar-refractivity contribution in [3.05, 3.63) is 46.7 Å². The van der Waals surface area contributed by atoms with Crippen LogP contribution in [-0.4, -0.2) is 48.6 Å². The number of ether oxygens (including phenoxy) is 4. The Morgan fingerprint density at radius 1 is 1.12 bits per heavy atom. The van der Waals surface area contributed by atoms with Crippen LogP contribution in [-0.2, 0) is 11.3 Å². The van der Waals surface area contributed by atoms with Gasteiger partial charge in [0.25, 0.3) is 0 Å². The molecule has 1 unspecified atom stereocenters. The van der Waals surface area contributed by atoms with E-state index < -0.39 is 0 Å². The van der Waals surface area contributed by atoms with E-state index >= 15 is 0 Å². The van der Waals surface area contributed by atoms with Crippen LogP contribution in [0.1, 0.15) is 31.9 Å². The Morgan fingerprint density at radius 3 is 2.32 bits per heavy atom. The van der Waals surface area contributed by atoms with Crippen molar-refractivity contribution in [1.29, 1.82) is 0 Å². The molecule has 0 bridgehead atoms. The van der Waals surface area contributed by atoms with Gasteiger partial charge in [-0.1, -0.05) is 0 Å². The Kier molecular flexibility index (Phi) is 8.53. The molecule has 0 fully saturated rings. The highest BCUT2D eigenvalue weighted by Gasteiger charge is 2.18. The number of benzene rings is 2. The van der Waals surface area contributed by atoms with E-state index in [1.165, 1.54) is 0 Å². The number of aromatic nitrogens is 3. The fourth-order valence-electron chi connectivity index (χ4n) is 3.57. The van der Waals surface area contributed by atoms with Crippen molar-refractivity contribution >= 4 is 18.1 Å². The van der Waals surface area contributed by atoms with Gasteiger partial charge in [0.1, 0.15) is 5.75 Å². The average Bonchev–Trinajstić information content (AvgIpc) is 3.22. The first-order valence-corrected chi connectivity index (χ1v) is 11.3. The van der Waals surface area contributed by atoms with Crippen LogP contribution in [0.3, 0.4) is 0 Å². The van der Waals surface area contributed by atoms with Gasteiger partial charge in [0, 0.05) is 18.5 Å². The van der Waals surface area contributed by atoms with Crippen molar-refractivity contribution in [2.24, 2.45) is 0 Å². The van der Waals surface area contributed by atoms with Gasteiger partial charge in [0.05, 0.1) is 34.0 Å². The van der Waals surface area contributed by atoms with E-state index in [1.54, 1.807) is 21.3 Å². The van der Waals surface area contributed by atoms with Crippen molar-refractivity contribution < 1.29 is 23.7 Å². The zero-order chi connectivity index (χ0) is 24.7. The predicted molar refractivity (Wildman–Crippen MR) is 131 cm³/mol. The topological polar surface area (TPSA) is 99.6 Å². The summed E-state index contributed by atoms with van der Waals surface area (Å²) in [5.41, 5.74) is 1.71. The van der Waals surface area contributed by atoms with E-state index in [-0.39, 0.29) is 18.4 Å². The van der Waals surface area contributed by atoms with Gasteiger partial charge in [-0.25, -0.2) is 0 Å². The van der Waals surface area contributed by atoms with E-state index in [4.69, 9.17) is 31.2 Å². The number of carbonyl (C=O) groups is 1. The van der Waals surface area contributed by atoms with Crippen molar-refractivity contribution in [3.8, 4) is 34.4 Å². The number of amides is 1. The lowest BCUT2D eigenvalue weighted by molar-refractivity contribution is -0.121. The SMILES string of the molecule is CCOc1ccc(-c2n[nH]c(=S)n2CCC(=O)NC(C)c2cc(OC)c(OC)c(OC)c2)cc1. The maximum absolute atomic E-state index is 12.7. The van der Waals surface area contributed by atoms with Gasteiger partial charge in [-0.2, -0.15) is 5.10 Å². The minimum absolute atomic E-state index is 0.123. The van der Waals surface area contributed by atoms with E-state index in [1.807, 2.05) is 54.8 Å². The number of carbonyl (C=O) groups excluding carboxylic acids is 1. The summed E-state index contributed by atoms with van der Waals surface area (Å²) < 4.78 is 23.9. The minimum Gasteiger partial charge on any atom is -0.494 e. The molecule has 1 atom stereocenters. The fraction of sp³-hybridized carbons (Fsp3) is 0.375. The average molecular weight is 487 g/mol. The Bertz CT molecular complexity index is 1150. The highest BCUT2D eigenvalue weighted by Crippen LogP contribution is 2.39. The molecule has 0 saturated carbocycles. The van der Waals surface area contributed by atoms with Crippen LogP contribution in [0.15, 0.2) is 36.4 Å². The summed E-state index contributed by atoms with van der Waals surface area (Å²) in [6, 6.07) is 11.0. The molecule has 0 radical (unpaired) electrons. The molecule has 34 heavy (non-hydrogen) atoms. The second-order valence-corrected chi connectivity index (χ2v) is 7.85.